The fraction of sp³-hybridized carbons (Fsp3) is 0.125. The van der Waals surface area contributed by atoms with Crippen LogP contribution in [-0.2, 0) is 16.6 Å². The molecule has 0 spiro atoms. The topological polar surface area (TPSA) is 72.2 Å². The van der Waals surface area contributed by atoms with E-state index in [1.807, 2.05) is 54.6 Å². The summed E-state index contributed by atoms with van der Waals surface area (Å²) in [5.41, 5.74) is 2.64. The highest BCUT2D eigenvalue weighted by Gasteiger charge is 2.46. The van der Waals surface area contributed by atoms with Crippen LogP contribution in [0.4, 0.5) is 11.4 Å². The molecule has 0 unspecified atom stereocenters. The van der Waals surface area contributed by atoms with Gasteiger partial charge in [0.15, 0.2) is 0 Å². The molecule has 0 aromatic heterocycles. The van der Waals surface area contributed by atoms with E-state index in [1.54, 1.807) is 12.1 Å². The van der Waals surface area contributed by atoms with E-state index in [4.69, 9.17) is 0 Å². The maximum atomic E-state index is 13.1. The van der Waals surface area contributed by atoms with Gasteiger partial charge in [-0.05, 0) is 35.7 Å². The van der Waals surface area contributed by atoms with Crippen LogP contribution in [0.1, 0.15) is 23.1 Å². The lowest BCUT2D eigenvalue weighted by atomic mass is 9.74. The zero-order chi connectivity index (χ0) is 20.3. The van der Waals surface area contributed by atoms with Gasteiger partial charge in [0.1, 0.15) is 0 Å². The minimum absolute atomic E-state index is 0.0305. The maximum Gasteiger partial charge on any atom is 0.269 e. The van der Waals surface area contributed by atoms with Crippen LogP contribution in [0.25, 0.3) is 0 Å². The van der Waals surface area contributed by atoms with Crippen LogP contribution in [-0.4, -0.2) is 10.8 Å². The molecule has 1 heterocycles. The number of nitrogens with one attached hydrogen (secondary N) is 1. The first-order valence-electron chi connectivity index (χ1n) is 9.27. The average molecular weight is 382 g/mol. The number of anilines is 1. The molecule has 1 N–H and O–H groups in total. The highest BCUT2D eigenvalue weighted by atomic mass is 16.6. The number of nitro benzene ring substituents is 1. The minimum atomic E-state index is -0.839. The van der Waals surface area contributed by atoms with Crippen LogP contribution in [0.2, 0.25) is 0 Å². The largest absolute Gasteiger partial charge is 0.325 e. The summed E-state index contributed by atoms with van der Waals surface area (Å²) in [6.07, 6.45) is 0.763. The van der Waals surface area contributed by atoms with E-state index in [1.165, 1.54) is 12.1 Å². The van der Waals surface area contributed by atoms with Crippen molar-refractivity contribution in [1.29, 1.82) is 0 Å². The van der Waals surface area contributed by atoms with E-state index >= 15 is 0 Å². The summed E-state index contributed by atoms with van der Waals surface area (Å²) in [5, 5.41) is 13.9. The molecule has 0 saturated heterocycles. The molecule has 0 fully saturated rings. The van der Waals surface area contributed by atoms with Gasteiger partial charge in [0.2, 0.25) is 5.91 Å². The van der Waals surface area contributed by atoms with Crippen molar-refractivity contribution < 1.29 is 9.72 Å². The van der Waals surface area contributed by atoms with Crippen LogP contribution < -0.4 is 5.32 Å². The lowest BCUT2D eigenvalue weighted by Crippen LogP contribution is -2.36. The standard InChI is InChI=1S/C24H18N2O3/c27-23-24(21-10-4-5-11-22(21)25-23,16-6-9-18-7-2-1-3-8-18)17-19-12-14-20(15-13-19)26(28)29/h1-5,7-8,10-15H,16-17H2,(H,25,27)/t24-/m0/s1. The average Bonchev–Trinajstić information content (AvgIpc) is 3.01. The SMILES string of the molecule is O=C1Nc2ccccc2[C@]1(CC#Cc1ccccc1)Cc1ccc([N+](=O)[O-])cc1. The smallest absolute Gasteiger partial charge is 0.269 e. The number of non-ortho nitro benzene ring substituents is 1. The molecule has 0 bridgehead atoms. The first kappa shape index (κ1) is 18.5. The van der Waals surface area contributed by atoms with Gasteiger partial charge in [-0.3, -0.25) is 14.9 Å². The number of fused-ring (bicyclic) bond motifs is 1. The molecular weight excluding hydrogens is 364 g/mol. The Kier molecular flexibility index (Phi) is 4.84. The summed E-state index contributed by atoms with van der Waals surface area (Å²) >= 11 is 0. The molecular formula is C24H18N2O3. The molecule has 29 heavy (non-hydrogen) atoms. The number of nitro groups is 1. The number of carbonyl (C=O) groups excluding carboxylic acids is 1. The molecule has 142 valence electrons. The predicted molar refractivity (Wildman–Crippen MR) is 111 cm³/mol. The number of benzene rings is 3. The Labute approximate surface area is 168 Å². The molecule has 4 rings (SSSR count). The van der Waals surface area contributed by atoms with E-state index in [9.17, 15) is 14.9 Å². The first-order chi connectivity index (χ1) is 14.1. The third-order valence-corrected chi connectivity index (χ3v) is 5.18. The van der Waals surface area contributed by atoms with Gasteiger partial charge < -0.3 is 5.32 Å². The molecule has 1 aliphatic rings. The van der Waals surface area contributed by atoms with Crippen LogP contribution in [0.15, 0.2) is 78.9 Å². The molecule has 5 heteroatoms. The number of nitrogens with zero attached hydrogens (tertiary/aromatic N) is 1. The quantitative estimate of drug-likeness (QED) is 0.411. The highest BCUT2D eigenvalue weighted by molar-refractivity contribution is 6.06. The molecule has 3 aromatic rings. The summed E-state index contributed by atoms with van der Waals surface area (Å²) in [5.74, 6) is 6.23. The number of hydrogen-bond donors (Lipinski definition) is 1. The Balaban J connectivity index is 1.71. The van der Waals surface area contributed by atoms with Gasteiger partial charge in [-0.2, -0.15) is 0 Å². The fourth-order valence-electron chi connectivity index (χ4n) is 3.69. The van der Waals surface area contributed by atoms with E-state index in [2.05, 4.69) is 17.2 Å². The van der Waals surface area contributed by atoms with Crippen molar-refractivity contribution in [2.45, 2.75) is 18.3 Å². The Bertz CT molecular complexity index is 1130. The van der Waals surface area contributed by atoms with Gasteiger partial charge in [-0.15, -0.1) is 0 Å². The van der Waals surface area contributed by atoms with Crippen molar-refractivity contribution in [3.63, 3.8) is 0 Å². The van der Waals surface area contributed by atoms with Gasteiger partial charge in [-0.25, -0.2) is 0 Å². The third kappa shape index (κ3) is 3.61. The summed E-state index contributed by atoms with van der Waals surface area (Å²) in [6.45, 7) is 0. The molecule has 1 aliphatic heterocycles. The van der Waals surface area contributed by atoms with E-state index in [-0.39, 0.29) is 11.6 Å². The number of rotatable bonds is 4. The van der Waals surface area contributed by atoms with Gasteiger partial charge in [0.05, 0.1) is 10.3 Å². The van der Waals surface area contributed by atoms with Crippen molar-refractivity contribution in [2.24, 2.45) is 0 Å². The summed E-state index contributed by atoms with van der Waals surface area (Å²) in [4.78, 5) is 23.6. The number of amides is 1. The second kappa shape index (κ2) is 7.61. The van der Waals surface area contributed by atoms with E-state index < -0.39 is 10.3 Å². The Morgan fingerprint density at radius 2 is 1.62 bits per heavy atom. The molecule has 5 nitrogen and oxygen atoms in total. The van der Waals surface area contributed by atoms with Crippen LogP contribution in [0.5, 0.6) is 0 Å². The Morgan fingerprint density at radius 1 is 0.931 bits per heavy atom. The lowest BCUT2D eigenvalue weighted by Gasteiger charge is -2.25. The molecule has 1 atom stereocenters. The molecule has 0 aliphatic carbocycles. The zero-order valence-electron chi connectivity index (χ0n) is 15.6. The van der Waals surface area contributed by atoms with Gasteiger partial charge in [0.25, 0.3) is 5.69 Å². The van der Waals surface area contributed by atoms with Crippen molar-refractivity contribution in [3.05, 3.63) is 106 Å². The lowest BCUT2D eigenvalue weighted by molar-refractivity contribution is -0.384. The summed E-state index contributed by atoms with van der Waals surface area (Å²) < 4.78 is 0. The highest BCUT2D eigenvalue weighted by Crippen LogP contribution is 2.42. The van der Waals surface area contributed by atoms with Crippen LogP contribution in [0.3, 0.4) is 0 Å². The first-order valence-corrected chi connectivity index (χ1v) is 9.27. The minimum Gasteiger partial charge on any atom is -0.325 e. The monoisotopic (exact) mass is 382 g/mol. The maximum absolute atomic E-state index is 13.1. The van der Waals surface area contributed by atoms with Crippen molar-refractivity contribution >= 4 is 17.3 Å². The van der Waals surface area contributed by atoms with Crippen LogP contribution >= 0.6 is 0 Å². The fourth-order valence-corrected chi connectivity index (χ4v) is 3.69. The van der Waals surface area contributed by atoms with Gasteiger partial charge >= 0.3 is 0 Å². The number of carbonyl (C=O) groups is 1. The third-order valence-electron chi connectivity index (χ3n) is 5.18. The Morgan fingerprint density at radius 3 is 2.34 bits per heavy atom. The summed E-state index contributed by atoms with van der Waals surface area (Å²) in [7, 11) is 0. The molecule has 0 radical (unpaired) electrons. The second-order valence-electron chi connectivity index (χ2n) is 7.03. The number of para-hydroxylation sites is 1. The number of hydrogen-bond acceptors (Lipinski definition) is 3. The zero-order valence-corrected chi connectivity index (χ0v) is 15.6. The van der Waals surface area contributed by atoms with Gasteiger partial charge in [0, 0.05) is 29.8 Å². The van der Waals surface area contributed by atoms with Gasteiger partial charge in [-0.1, -0.05) is 60.4 Å². The predicted octanol–water partition coefficient (Wildman–Crippen LogP) is 4.47. The molecule has 3 aromatic carbocycles. The van der Waals surface area contributed by atoms with Crippen molar-refractivity contribution in [1.82, 2.24) is 0 Å². The van der Waals surface area contributed by atoms with Crippen molar-refractivity contribution in [3.8, 4) is 11.8 Å². The normalized spacial score (nSPS) is 17.0. The molecule has 1 amide bonds. The van der Waals surface area contributed by atoms with Crippen molar-refractivity contribution in [2.75, 3.05) is 5.32 Å². The van der Waals surface area contributed by atoms with E-state index in [0.717, 1.165) is 22.4 Å². The summed E-state index contributed by atoms with van der Waals surface area (Å²) in [6, 6.07) is 23.6. The van der Waals surface area contributed by atoms with Crippen LogP contribution in [0, 0.1) is 22.0 Å². The molecule has 0 saturated carbocycles. The van der Waals surface area contributed by atoms with E-state index in [0.29, 0.717) is 12.8 Å². The second-order valence-corrected chi connectivity index (χ2v) is 7.03. The Hall–Kier alpha value is -3.91.